The third-order valence-corrected chi connectivity index (χ3v) is 1.73. The molecule has 88 valence electrons. The predicted molar refractivity (Wildman–Crippen MR) is 41.9 cm³/mol. The normalized spacial score (nSPS) is 15.5. The Kier molecular flexibility index (Phi) is 4.08. The zero-order chi connectivity index (χ0) is 12.3. The van der Waals surface area contributed by atoms with Gasteiger partial charge < -0.3 is 15.6 Å². The molecule has 0 fully saturated rings. The predicted octanol–water partition coefficient (Wildman–Crippen LogP) is 0.284. The van der Waals surface area contributed by atoms with Gasteiger partial charge in [-0.15, -0.1) is 0 Å². The number of halogens is 3. The zero-order valence-electron chi connectivity index (χ0n) is 7.80. The highest BCUT2D eigenvalue weighted by Gasteiger charge is 2.46. The summed E-state index contributed by atoms with van der Waals surface area (Å²) in [4.78, 5) is 21.4. The average Bonchev–Trinajstić information content (AvgIpc) is 2.11. The summed E-state index contributed by atoms with van der Waals surface area (Å²) < 4.78 is 39.5. The van der Waals surface area contributed by atoms with Gasteiger partial charge in [-0.05, 0) is 6.42 Å². The number of carbonyl (C=O) groups is 2. The lowest BCUT2D eigenvalue weighted by atomic mass is 9.95. The summed E-state index contributed by atoms with van der Waals surface area (Å²) in [5.41, 5.74) is 2.38. The van der Waals surface area contributed by atoms with Crippen molar-refractivity contribution in [2.45, 2.75) is 24.6 Å². The highest BCUT2D eigenvalue weighted by atomic mass is 19.4. The summed E-state index contributed by atoms with van der Waals surface area (Å²) in [6.07, 6.45) is -7.10. The third kappa shape index (κ3) is 3.74. The first-order chi connectivity index (χ1) is 6.63. The summed E-state index contributed by atoms with van der Waals surface area (Å²) in [5.74, 6) is -3.25. The number of carboxylic acids is 1. The SMILES string of the molecule is COC(=O)C(N)(CCC(F)(F)F)C(=O)O. The molecule has 0 amide bonds. The minimum absolute atomic E-state index is 0.848. The van der Waals surface area contributed by atoms with Crippen molar-refractivity contribution in [3.8, 4) is 0 Å². The van der Waals surface area contributed by atoms with E-state index in [-0.39, 0.29) is 0 Å². The third-order valence-electron chi connectivity index (χ3n) is 1.73. The van der Waals surface area contributed by atoms with Crippen LogP contribution in [-0.4, -0.2) is 35.9 Å². The van der Waals surface area contributed by atoms with Gasteiger partial charge in [0.15, 0.2) is 0 Å². The fourth-order valence-electron chi connectivity index (χ4n) is 0.817. The molecule has 0 saturated heterocycles. The summed E-state index contributed by atoms with van der Waals surface area (Å²) >= 11 is 0. The van der Waals surface area contributed by atoms with Crippen molar-refractivity contribution in [2.75, 3.05) is 7.11 Å². The number of alkyl halides is 3. The first-order valence-corrected chi connectivity index (χ1v) is 3.81. The van der Waals surface area contributed by atoms with E-state index in [4.69, 9.17) is 10.8 Å². The number of carbonyl (C=O) groups excluding carboxylic acids is 1. The topological polar surface area (TPSA) is 89.6 Å². The molecule has 0 rings (SSSR count). The first-order valence-electron chi connectivity index (χ1n) is 3.81. The van der Waals surface area contributed by atoms with Gasteiger partial charge in [-0.1, -0.05) is 0 Å². The molecular weight excluding hydrogens is 219 g/mol. The van der Waals surface area contributed by atoms with Crippen LogP contribution >= 0.6 is 0 Å². The molecule has 0 aromatic carbocycles. The second-order valence-corrected chi connectivity index (χ2v) is 2.88. The van der Waals surface area contributed by atoms with Crippen LogP contribution in [-0.2, 0) is 14.3 Å². The molecule has 0 aromatic heterocycles. The Morgan fingerprint density at radius 2 is 1.80 bits per heavy atom. The molecule has 0 spiro atoms. The Labute approximate surface area is 83.0 Å². The van der Waals surface area contributed by atoms with Gasteiger partial charge in [0.05, 0.1) is 7.11 Å². The second kappa shape index (κ2) is 4.47. The summed E-state index contributed by atoms with van der Waals surface area (Å²) in [6, 6.07) is 0. The summed E-state index contributed by atoms with van der Waals surface area (Å²) in [5, 5.41) is 8.54. The number of carboxylic acid groups (broad SMARTS) is 1. The standard InChI is InChI=1S/C7H10F3NO4/c1-15-5(14)6(11,4(12)13)2-3-7(8,9)10/h2-3,11H2,1H3,(H,12,13). The van der Waals surface area contributed by atoms with Crippen LogP contribution in [0.3, 0.4) is 0 Å². The Hall–Kier alpha value is -1.31. The molecule has 0 aliphatic heterocycles. The van der Waals surface area contributed by atoms with Crippen molar-refractivity contribution in [1.82, 2.24) is 0 Å². The summed E-state index contributed by atoms with van der Waals surface area (Å²) in [7, 11) is 0.848. The minimum Gasteiger partial charge on any atom is -0.479 e. The van der Waals surface area contributed by atoms with Crippen LogP contribution in [0.4, 0.5) is 13.2 Å². The molecule has 0 saturated carbocycles. The Balaban J connectivity index is 4.68. The van der Waals surface area contributed by atoms with E-state index in [9.17, 15) is 22.8 Å². The molecule has 0 aromatic rings. The maximum absolute atomic E-state index is 11.8. The number of nitrogens with two attached hydrogens (primary N) is 1. The minimum atomic E-state index is -4.58. The summed E-state index contributed by atoms with van der Waals surface area (Å²) in [6.45, 7) is 0. The van der Waals surface area contributed by atoms with Crippen LogP contribution in [0.25, 0.3) is 0 Å². The van der Waals surface area contributed by atoms with Crippen molar-refractivity contribution >= 4 is 11.9 Å². The second-order valence-electron chi connectivity index (χ2n) is 2.88. The number of rotatable bonds is 4. The van der Waals surface area contributed by atoms with Gasteiger partial charge in [0.25, 0.3) is 0 Å². The molecule has 0 aliphatic rings. The Morgan fingerprint density at radius 1 is 1.33 bits per heavy atom. The average molecular weight is 229 g/mol. The van der Waals surface area contributed by atoms with Crippen LogP contribution in [0.1, 0.15) is 12.8 Å². The maximum Gasteiger partial charge on any atom is 0.389 e. The van der Waals surface area contributed by atoms with E-state index in [0.717, 1.165) is 7.11 Å². The zero-order valence-corrected chi connectivity index (χ0v) is 7.80. The number of esters is 1. The largest absolute Gasteiger partial charge is 0.479 e. The van der Waals surface area contributed by atoms with Crippen molar-refractivity contribution in [1.29, 1.82) is 0 Å². The smallest absolute Gasteiger partial charge is 0.389 e. The number of hydrogen-bond acceptors (Lipinski definition) is 4. The van der Waals surface area contributed by atoms with E-state index in [1.54, 1.807) is 0 Å². The molecule has 0 bridgehead atoms. The molecule has 1 atom stereocenters. The fraction of sp³-hybridized carbons (Fsp3) is 0.714. The molecule has 8 heteroatoms. The van der Waals surface area contributed by atoms with Crippen molar-refractivity contribution < 1.29 is 32.6 Å². The van der Waals surface area contributed by atoms with Gasteiger partial charge in [-0.3, -0.25) is 0 Å². The lowest BCUT2D eigenvalue weighted by Gasteiger charge is -2.21. The number of ether oxygens (including phenoxy) is 1. The Morgan fingerprint density at radius 3 is 2.07 bits per heavy atom. The van der Waals surface area contributed by atoms with Gasteiger partial charge >= 0.3 is 18.1 Å². The van der Waals surface area contributed by atoms with Gasteiger partial charge in [0, 0.05) is 6.42 Å². The highest BCUT2D eigenvalue weighted by Crippen LogP contribution is 2.25. The number of hydrogen-bond donors (Lipinski definition) is 2. The van der Waals surface area contributed by atoms with E-state index in [1.807, 2.05) is 0 Å². The maximum atomic E-state index is 11.8. The molecule has 0 aliphatic carbocycles. The fourth-order valence-corrected chi connectivity index (χ4v) is 0.817. The van der Waals surface area contributed by atoms with E-state index in [2.05, 4.69) is 4.74 Å². The van der Waals surface area contributed by atoms with Gasteiger partial charge in [-0.25, -0.2) is 9.59 Å². The lowest BCUT2D eigenvalue weighted by Crippen LogP contribution is -2.56. The van der Waals surface area contributed by atoms with Crippen LogP contribution in [0.5, 0.6) is 0 Å². The molecule has 0 heterocycles. The molecule has 1 unspecified atom stereocenters. The van der Waals surface area contributed by atoms with Crippen molar-refractivity contribution in [2.24, 2.45) is 5.73 Å². The van der Waals surface area contributed by atoms with Crippen LogP contribution in [0.15, 0.2) is 0 Å². The van der Waals surface area contributed by atoms with Crippen molar-refractivity contribution in [3.05, 3.63) is 0 Å². The van der Waals surface area contributed by atoms with E-state index in [0.29, 0.717) is 0 Å². The first kappa shape index (κ1) is 13.7. The van der Waals surface area contributed by atoms with Crippen LogP contribution < -0.4 is 5.73 Å². The van der Waals surface area contributed by atoms with Crippen LogP contribution in [0.2, 0.25) is 0 Å². The molecule has 3 N–H and O–H groups in total. The molecule has 0 radical (unpaired) electrons. The van der Waals surface area contributed by atoms with Gasteiger partial charge in [0.2, 0.25) is 5.54 Å². The van der Waals surface area contributed by atoms with E-state index < -0.39 is 36.5 Å². The molecular formula is C7H10F3NO4. The number of aliphatic carboxylic acids is 1. The monoisotopic (exact) mass is 229 g/mol. The molecule has 5 nitrogen and oxygen atoms in total. The Bertz CT molecular complexity index is 265. The van der Waals surface area contributed by atoms with E-state index in [1.165, 1.54) is 0 Å². The quantitative estimate of drug-likeness (QED) is 0.534. The number of methoxy groups -OCH3 is 1. The van der Waals surface area contributed by atoms with Gasteiger partial charge in [-0.2, -0.15) is 13.2 Å². The van der Waals surface area contributed by atoms with E-state index >= 15 is 0 Å². The lowest BCUT2D eigenvalue weighted by molar-refractivity contribution is -0.164. The van der Waals surface area contributed by atoms with Gasteiger partial charge in [0.1, 0.15) is 0 Å². The van der Waals surface area contributed by atoms with Crippen molar-refractivity contribution in [3.63, 3.8) is 0 Å². The molecule has 15 heavy (non-hydrogen) atoms. The highest BCUT2D eigenvalue weighted by molar-refractivity contribution is 6.03. The van der Waals surface area contributed by atoms with Crippen LogP contribution in [0, 0.1) is 0 Å².